The first-order valence-electron chi connectivity index (χ1n) is 10.8. The molecule has 3 aromatic rings. The van der Waals surface area contributed by atoms with Crippen LogP contribution in [-0.4, -0.2) is 56.5 Å². The van der Waals surface area contributed by atoms with Crippen LogP contribution in [0.5, 0.6) is 5.88 Å². The zero-order valence-electron chi connectivity index (χ0n) is 18.8. The third kappa shape index (κ3) is 4.16. The van der Waals surface area contributed by atoms with Crippen LogP contribution in [0.1, 0.15) is 35.0 Å². The van der Waals surface area contributed by atoms with Crippen molar-refractivity contribution in [2.24, 2.45) is 5.10 Å². The summed E-state index contributed by atoms with van der Waals surface area (Å²) >= 11 is 0. The second kappa shape index (κ2) is 8.75. The van der Waals surface area contributed by atoms with Gasteiger partial charge in [-0.25, -0.2) is 19.2 Å². The lowest BCUT2D eigenvalue weighted by Gasteiger charge is -2.40. The van der Waals surface area contributed by atoms with Crippen molar-refractivity contribution in [3.63, 3.8) is 0 Å². The predicted molar refractivity (Wildman–Crippen MR) is 117 cm³/mol. The summed E-state index contributed by atoms with van der Waals surface area (Å²) in [4.78, 5) is 22.7. The monoisotopic (exact) mass is 479 g/mol. The second-order valence-corrected chi connectivity index (χ2v) is 8.25. The molecule has 1 saturated heterocycles. The second-order valence-electron chi connectivity index (χ2n) is 8.25. The minimum absolute atomic E-state index is 0.166. The molecule has 0 bridgehead atoms. The molecule has 10 nitrogen and oxygen atoms in total. The van der Waals surface area contributed by atoms with E-state index >= 15 is 0 Å². The number of aryl methyl sites for hydroxylation is 2. The molecular weight excluding hydrogens is 460 g/mol. The normalized spacial score (nSPS) is 17.4. The van der Waals surface area contributed by atoms with Crippen molar-refractivity contribution >= 4 is 12.2 Å². The number of hydrazone groups is 1. The maximum atomic E-state index is 14.3. The molecule has 0 aliphatic carbocycles. The van der Waals surface area contributed by atoms with Gasteiger partial charge in [0, 0.05) is 12.6 Å². The number of nitriles is 1. The van der Waals surface area contributed by atoms with Crippen LogP contribution < -0.4 is 4.74 Å². The van der Waals surface area contributed by atoms with Gasteiger partial charge in [-0.2, -0.15) is 19.7 Å². The lowest BCUT2D eigenvalue weighted by molar-refractivity contribution is 0.0230. The molecule has 0 spiro atoms. The molecule has 5 rings (SSSR count). The number of nitrogens with zero attached hydrogens (tertiary/aromatic N) is 7. The Hall–Kier alpha value is -4.40. The van der Waals surface area contributed by atoms with Gasteiger partial charge in [0.1, 0.15) is 17.7 Å². The maximum absolute atomic E-state index is 14.3. The number of hydrogen-bond acceptors (Lipinski definition) is 8. The molecule has 2 aromatic heterocycles. The van der Waals surface area contributed by atoms with Crippen molar-refractivity contribution in [3.8, 4) is 23.3 Å². The Balaban J connectivity index is 1.25. The number of carbonyl (C=O) groups excluding carboxylic acids is 1. The van der Waals surface area contributed by atoms with Crippen LogP contribution in [-0.2, 0) is 0 Å². The zero-order valence-corrected chi connectivity index (χ0v) is 18.8. The number of rotatable bonds is 4. The van der Waals surface area contributed by atoms with Gasteiger partial charge in [-0.1, -0.05) is 5.16 Å². The lowest BCUT2D eigenvalue weighted by Crippen LogP contribution is -2.59. The number of urea groups is 1. The van der Waals surface area contributed by atoms with Crippen LogP contribution in [0.15, 0.2) is 34.0 Å². The van der Waals surface area contributed by atoms with Crippen LogP contribution in [0.2, 0.25) is 0 Å². The number of aromatic nitrogens is 3. The minimum atomic E-state index is -0.728. The molecule has 0 unspecified atom stereocenters. The van der Waals surface area contributed by atoms with Crippen molar-refractivity contribution in [2.75, 3.05) is 13.1 Å². The number of benzene rings is 1. The summed E-state index contributed by atoms with van der Waals surface area (Å²) in [6, 6.07) is 4.95. The van der Waals surface area contributed by atoms with Gasteiger partial charge >= 0.3 is 6.03 Å². The number of hydrogen-bond donors (Lipinski definition) is 0. The SMILES string of the molecule is Cc1noc(C)c1-c1ncc(F)c(OC2CN(C(=O)N3N=CC[C@H]3c3cc(F)cc(C#N)c3)C2)n1. The topological polar surface area (TPSA) is 121 Å². The fourth-order valence-corrected chi connectivity index (χ4v) is 4.07. The Labute approximate surface area is 198 Å². The maximum Gasteiger partial charge on any atom is 0.341 e. The zero-order chi connectivity index (χ0) is 24.7. The average molecular weight is 479 g/mol. The third-order valence-corrected chi connectivity index (χ3v) is 5.83. The Bertz CT molecular complexity index is 1360. The van der Waals surface area contributed by atoms with E-state index in [1.165, 1.54) is 16.0 Å². The van der Waals surface area contributed by atoms with Crippen LogP contribution >= 0.6 is 0 Å². The van der Waals surface area contributed by atoms with Gasteiger partial charge in [0.25, 0.3) is 5.88 Å². The number of halogens is 2. The highest BCUT2D eigenvalue weighted by molar-refractivity contribution is 5.79. The fourth-order valence-electron chi connectivity index (χ4n) is 4.07. The standard InChI is InChI=1S/C23H19F2N7O3/c1-12-20(13(2)35-30-12)21-27-9-18(25)22(29-21)34-17-10-31(11-17)23(33)32-19(3-4-28-32)15-5-14(8-26)6-16(24)7-15/h4-7,9,17,19H,3,10-11H2,1-2H3/t19-/m0/s1. The molecule has 0 saturated carbocycles. The molecule has 35 heavy (non-hydrogen) atoms. The number of ether oxygens (including phenoxy) is 1. The first-order chi connectivity index (χ1) is 16.8. The molecule has 2 aliphatic rings. The van der Waals surface area contributed by atoms with Gasteiger partial charge in [0.05, 0.1) is 48.2 Å². The van der Waals surface area contributed by atoms with Gasteiger partial charge < -0.3 is 14.2 Å². The summed E-state index contributed by atoms with van der Waals surface area (Å²) in [5, 5.41) is 18.4. The first kappa shape index (κ1) is 22.4. The molecular formula is C23H19F2N7O3. The molecule has 178 valence electrons. The molecule has 1 atom stereocenters. The highest BCUT2D eigenvalue weighted by Gasteiger charge is 2.39. The molecule has 0 radical (unpaired) electrons. The van der Waals surface area contributed by atoms with Crippen LogP contribution in [0, 0.1) is 36.8 Å². The van der Waals surface area contributed by atoms with Gasteiger partial charge in [0.15, 0.2) is 5.82 Å². The Morgan fingerprint density at radius 3 is 2.77 bits per heavy atom. The van der Waals surface area contributed by atoms with E-state index < -0.39 is 29.8 Å². The largest absolute Gasteiger partial charge is 0.468 e. The van der Waals surface area contributed by atoms with Gasteiger partial charge in [-0.05, 0) is 37.6 Å². The molecule has 2 aliphatic heterocycles. The van der Waals surface area contributed by atoms with Crippen molar-refractivity contribution < 1.29 is 22.8 Å². The molecule has 1 aromatic carbocycles. The van der Waals surface area contributed by atoms with E-state index in [4.69, 9.17) is 14.5 Å². The van der Waals surface area contributed by atoms with E-state index in [1.54, 1.807) is 26.1 Å². The highest BCUT2D eigenvalue weighted by Crippen LogP contribution is 2.32. The van der Waals surface area contributed by atoms with Crippen molar-refractivity contribution in [1.29, 1.82) is 5.26 Å². The van der Waals surface area contributed by atoms with Crippen LogP contribution in [0.4, 0.5) is 13.6 Å². The predicted octanol–water partition coefficient (Wildman–Crippen LogP) is 3.51. The summed E-state index contributed by atoms with van der Waals surface area (Å²) < 4.78 is 39.0. The molecule has 0 N–H and O–H groups in total. The highest BCUT2D eigenvalue weighted by atomic mass is 19.1. The van der Waals surface area contributed by atoms with Crippen molar-refractivity contribution in [2.45, 2.75) is 32.4 Å². The van der Waals surface area contributed by atoms with Crippen molar-refractivity contribution in [3.05, 3.63) is 58.6 Å². The Morgan fingerprint density at radius 2 is 2.06 bits per heavy atom. The Morgan fingerprint density at radius 1 is 1.26 bits per heavy atom. The van der Waals surface area contributed by atoms with E-state index in [1.807, 2.05) is 6.07 Å². The van der Waals surface area contributed by atoms with Crippen LogP contribution in [0.3, 0.4) is 0 Å². The van der Waals surface area contributed by atoms with E-state index in [9.17, 15) is 13.6 Å². The van der Waals surface area contributed by atoms with Gasteiger partial charge in [0.2, 0.25) is 5.82 Å². The molecule has 2 amide bonds. The Kier molecular flexibility index (Phi) is 5.60. The molecule has 4 heterocycles. The lowest BCUT2D eigenvalue weighted by atomic mass is 10.0. The quantitative estimate of drug-likeness (QED) is 0.561. The molecule has 1 fully saturated rings. The molecule has 12 heteroatoms. The van der Waals surface area contributed by atoms with Gasteiger partial charge in [-0.3, -0.25) is 0 Å². The summed E-state index contributed by atoms with van der Waals surface area (Å²) in [5.41, 5.74) is 1.78. The van der Waals surface area contributed by atoms with Crippen LogP contribution in [0.25, 0.3) is 11.4 Å². The van der Waals surface area contributed by atoms with E-state index in [0.29, 0.717) is 29.0 Å². The van der Waals surface area contributed by atoms with Gasteiger partial charge in [-0.15, -0.1) is 0 Å². The summed E-state index contributed by atoms with van der Waals surface area (Å²) in [6.45, 7) is 3.81. The number of likely N-dealkylation sites (tertiary alicyclic amines) is 1. The summed E-state index contributed by atoms with van der Waals surface area (Å²) in [6.07, 6.45) is 2.50. The fraction of sp³-hybridized carbons (Fsp3) is 0.304. The first-order valence-corrected chi connectivity index (χ1v) is 10.8. The van der Waals surface area contributed by atoms with Crippen molar-refractivity contribution in [1.82, 2.24) is 25.0 Å². The number of amides is 2. The number of carbonyl (C=O) groups is 1. The third-order valence-electron chi connectivity index (χ3n) is 5.83. The van der Waals surface area contributed by atoms with E-state index in [2.05, 4.69) is 20.2 Å². The minimum Gasteiger partial charge on any atom is -0.468 e. The summed E-state index contributed by atoms with van der Waals surface area (Å²) in [5.74, 6) is -0.784. The summed E-state index contributed by atoms with van der Waals surface area (Å²) in [7, 11) is 0. The van der Waals surface area contributed by atoms with E-state index in [-0.39, 0.29) is 30.4 Å². The average Bonchev–Trinajstić information content (AvgIpc) is 3.43. The van der Waals surface area contributed by atoms with E-state index in [0.717, 1.165) is 12.3 Å². The smallest absolute Gasteiger partial charge is 0.341 e.